The van der Waals surface area contributed by atoms with Gasteiger partial charge >= 0.3 is 0 Å². The van der Waals surface area contributed by atoms with E-state index in [1.165, 1.54) is 0 Å². The second kappa shape index (κ2) is 5.18. The van der Waals surface area contributed by atoms with Gasteiger partial charge in [0.2, 0.25) is 0 Å². The van der Waals surface area contributed by atoms with Gasteiger partial charge in [-0.15, -0.1) is 0 Å². The van der Waals surface area contributed by atoms with Crippen molar-refractivity contribution in [3.63, 3.8) is 0 Å². The molecule has 0 bridgehead atoms. The lowest BCUT2D eigenvalue weighted by molar-refractivity contribution is -0.385. The highest BCUT2D eigenvalue weighted by Gasteiger charge is 2.14. The maximum atomic E-state index is 10.9. The van der Waals surface area contributed by atoms with Gasteiger partial charge in [0.1, 0.15) is 0 Å². The number of nitrogens with zero attached hydrogens (tertiary/aromatic N) is 1. The molecule has 0 radical (unpaired) electrons. The standard InChI is InChI=1S/C13H14N2O2S/c1-9-3-4-11(7-13(9)15(16)17)10(2)14-12-5-6-18-8-12/h3-8,10,14H,1-2H3. The number of thiophene rings is 1. The van der Waals surface area contributed by atoms with Gasteiger partial charge in [-0.25, -0.2) is 0 Å². The van der Waals surface area contributed by atoms with E-state index in [1.54, 1.807) is 30.4 Å². The molecule has 1 unspecified atom stereocenters. The van der Waals surface area contributed by atoms with E-state index in [2.05, 4.69) is 5.32 Å². The Hall–Kier alpha value is -1.88. The summed E-state index contributed by atoms with van der Waals surface area (Å²) in [5.74, 6) is 0. The van der Waals surface area contributed by atoms with Gasteiger partial charge in [-0.1, -0.05) is 12.1 Å². The van der Waals surface area contributed by atoms with Gasteiger partial charge in [0.25, 0.3) is 5.69 Å². The molecule has 2 rings (SSSR count). The van der Waals surface area contributed by atoms with Crippen LogP contribution in [0.4, 0.5) is 11.4 Å². The normalized spacial score (nSPS) is 12.1. The average Bonchev–Trinajstić information content (AvgIpc) is 2.81. The maximum Gasteiger partial charge on any atom is 0.272 e. The molecule has 1 atom stereocenters. The van der Waals surface area contributed by atoms with Crippen LogP contribution < -0.4 is 5.32 Å². The van der Waals surface area contributed by atoms with Crippen molar-refractivity contribution in [2.45, 2.75) is 19.9 Å². The number of hydrogen-bond donors (Lipinski definition) is 1. The van der Waals surface area contributed by atoms with Gasteiger partial charge in [0.05, 0.1) is 4.92 Å². The minimum Gasteiger partial charge on any atom is -0.378 e. The van der Waals surface area contributed by atoms with Crippen LogP contribution >= 0.6 is 11.3 Å². The predicted molar refractivity (Wildman–Crippen MR) is 74.2 cm³/mol. The molecule has 0 saturated heterocycles. The first-order chi connectivity index (χ1) is 8.58. The van der Waals surface area contributed by atoms with Crippen molar-refractivity contribution < 1.29 is 4.92 Å². The largest absolute Gasteiger partial charge is 0.378 e. The summed E-state index contributed by atoms with van der Waals surface area (Å²) in [6, 6.07) is 7.38. The Labute approximate surface area is 109 Å². The average molecular weight is 262 g/mol. The molecule has 0 aliphatic heterocycles. The van der Waals surface area contributed by atoms with E-state index in [4.69, 9.17) is 0 Å². The minimum atomic E-state index is -0.337. The Morgan fingerprint density at radius 1 is 1.39 bits per heavy atom. The van der Waals surface area contributed by atoms with E-state index < -0.39 is 0 Å². The van der Waals surface area contributed by atoms with Crippen LogP contribution in [0.5, 0.6) is 0 Å². The van der Waals surface area contributed by atoms with E-state index in [1.807, 2.05) is 29.8 Å². The number of nitro benzene ring substituents is 1. The molecule has 0 aliphatic carbocycles. The predicted octanol–water partition coefficient (Wildman–Crippen LogP) is 4.14. The zero-order valence-electron chi connectivity index (χ0n) is 10.2. The smallest absolute Gasteiger partial charge is 0.272 e. The summed E-state index contributed by atoms with van der Waals surface area (Å²) >= 11 is 1.62. The number of aryl methyl sites for hydroxylation is 1. The van der Waals surface area contributed by atoms with Gasteiger partial charge in [-0.2, -0.15) is 11.3 Å². The number of rotatable bonds is 4. The van der Waals surface area contributed by atoms with Crippen LogP contribution in [-0.2, 0) is 0 Å². The number of benzene rings is 1. The van der Waals surface area contributed by atoms with Crippen molar-refractivity contribution in [1.29, 1.82) is 0 Å². The first kappa shape index (κ1) is 12.6. The molecule has 94 valence electrons. The third kappa shape index (κ3) is 2.68. The summed E-state index contributed by atoms with van der Waals surface area (Å²) in [6.45, 7) is 3.74. The number of nitro groups is 1. The molecule has 0 saturated carbocycles. The molecular weight excluding hydrogens is 248 g/mol. The highest BCUT2D eigenvalue weighted by Crippen LogP contribution is 2.26. The molecule has 0 fully saturated rings. The molecular formula is C13H14N2O2S. The fourth-order valence-corrected chi connectivity index (χ4v) is 2.37. The quantitative estimate of drug-likeness (QED) is 0.665. The van der Waals surface area contributed by atoms with E-state index in [9.17, 15) is 10.1 Å². The molecule has 1 N–H and O–H groups in total. The number of hydrogen-bond acceptors (Lipinski definition) is 4. The summed E-state index contributed by atoms with van der Waals surface area (Å²) < 4.78 is 0. The molecule has 18 heavy (non-hydrogen) atoms. The Kier molecular flexibility index (Phi) is 3.62. The van der Waals surface area contributed by atoms with E-state index in [-0.39, 0.29) is 16.7 Å². The van der Waals surface area contributed by atoms with E-state index in [0.717, 1.165) is 11.3 Å². The van der Waals surface area contributed by atoms with Gasteiger partial charge in [-0.3, -0.25) is 10.1 Å². The maximum absolute atomic E-state index is 10.9. The zero-order valence-corrected chi connectivity index (χ0v) is 11.0. The molecule has 1 aromatic heterocycles. The fraction of sp³-hybridized carbons (Fsp3) is 0.231. The summed E-state index contributed by atoms with van der Waals surface area (Å²) in [5, 5.41) is 18.2. The second-order valence-electron chi connectivity index (χ2n) is 4.18. The summed E-state index contributed by atoms with van der Waals surface area (Å²) in [6.07, 6.45) is 0. The molecule has 0 amide bonds. The van der Waals surface area contributed by atoms with Crippen LogP contribution in [0.3, 0.4) is 0 Å². The number of nitrogens with one attached hydrogen (secondary N) is 1. The lowest BCUT2D eigenvalue weighted by atomic mass is 10.0. The first-order valence-corrected chi connectivity index (χ1v) is 6.56. The van der Waals surface area contributed by atoms with Crippen molar-refractivity contribution in [2.24, 2.45) is 0 Å². The second-order valence-corrected chi connectivity index (χ2v) is 4.96. The first-order valence-electron chi connectivity index (χ1n) is 5.61. The molecule has 0 spiro atoms. The zero-order chi connectivity index (χ0) is 13.1. The lowest BCUT2D eigenvalue weighted by Crippen LogP contribution is -2.06. The van der Waals surface area contributed by atoms with Crippen LogP contribution in [0.15, 0.2) is 35.0 Å². The lowest BCUT2D eigenvalue weighted by Gasteiger charge is -2.14. The molecule has 0 aliphatic rings. The van der Waals surface area contributed by atoms with Crippen molar-refractivity contribution in [3.05, 3.63) is 56.3 Å². The highest BCUT2D eigenvalue weighted by molar-refractivity contribution is 7.08. The molecule has 4 nitrogen and oxygen atoms in total. The minimum absolute atomic E-state index is 0.0406. The van der Waals surface area contributed by atoms with Gasteiger partial charge in [-0.05, 0) is 30.9 Å². The highest BCUT2D eigenvalue weighted by atomic mass is 32.1. The molecule has 2 aromatic rings. The van der Waals surface area contributed by atoms with Crippen molar-refractivity contribution in [2.75, 3.05) is 5.32 Å². The van der Waals surface area contributed by atoms with Crippen LogP contribution in [-0.4, -0.2) is 4.92 Å². The van der Waals surface area contributed by atoms with Crippen LogP contribution in [0.2, 0.25) is 0 Å². The van der Waals surface area contributed by atoms with Gasteiger partial charge in [0, 0.05) is 28.7 Å². The van der Waals surface area contributed by atoms with Crippen LogP contribution in [0.1, 0.15) is 24.1 Å². The molecule has 1 aromatic carbocycles. The summed E-state index contributed by atoms with van der Waals surface area (Å²) in [5.41, 5.74) is 2.81. The van der Waals surface area contributed by atoms with Gasteiger partial charge < -0.3 is 5.32 Å². The van der Waals surface area contributed by atoms with E-state index >= 15 is 0 Å². The Morgan fingerprint density at radius 3 is 2.78 bits per heavy atom. The Morgan fingerprint density at radius 2 is 2.17 bits per heavy atom. The van der Waals surface area contributed by atoms with Crippen molar-refractivity contribution in [1.82, 2.24) is 0 Å². The third-order valence-electron chi connectivity index (χ3n) is 2.83. The van der Waals surface area contributed by atoms with Crippen molar-refractivity contribution in [3.8, 4) is 0 Å². The fourth-order valence-electron chi connectivity index (χ4n) is 1.77. The molecule has 5 heteroatoms. The van der Waals surface area contributed by atoms with Crippen LogP contribution in [0.25, 0.3) is 0 Å². The third-order valence-corrected chi connectivity index (χ3v) is 3.52. The summed E-state index contributed by atoms with van der Waals surface area (Å²) in [4.78, 5) is 10.6. The van der Waals surface area contributed by atoms with Crippen molar-refractivity contribution >= 4 is 22.7 Å². The Bertz CT molecular complexity index is 552. The SMILES string of the molecule is Cc1ccc(C(C)Nc2ccsc2)cc1[N+](=O)[O-]. The van der Waals surface area contributed by atoms with E-state index in [0.29, 0.717) is 5.56 Å². The molecule has 1 heterocycles. The van der Waals surface area contributed by atoms with Crippen LogP contribution in [0, 0.1) is 17.0 Å². The number of anilines is 1. The topological polar surface area (TPSA) is 55.2 Å². The Balaban J connectivity index is 2.22. The monoisotopic (exact) mass is 262 g/mol. The summed E-state index contributed by atoms with van der Waals surface area (Å²) in [7, 11) is 0. The van der Waals surface area contributed by atoms with Gasteiger partial charge in [0.15, 0.2) is 0 Å².